The fraction of sp³-hybridized carbons (Fsp3) is 0.270. The van der Waals surface area contributed by atoms with Crippen molar-refractivity contribution in [2.75, 3.05) is 48.8 Å². The van der Waals surface area contributed by atoms with Crippen LogP contribution in [0.5, 0.6) is 11.5 Å². The summed E-state index contributed by atoms with van der Waals surface area (Å²) in [5.74, 6) is 1.61. The Balaban J connectivity index is 1.14. The van der Waals surface area contributed by atoms with E-state index < -0.39 is 12.1 Å². The Labute approximate surface area is 309 Å². The number of urea groups is 2. The molecule has 4 N–H and O–H groups in total. The van der Waals surface area contributed by atoms with Gasteiger partial charge in [-0.3, -0.25) is 15.4 Å². The molecule has 2 aromatic heterocycles. The number of morpholine rings is 1. The van der Waals surface area contributed by atoms with Gasteiger partial charge in [0.05, 0.1) is 40.8 Å². The summed E-state index contributed by atoms with van der Waals surface area (Å²) in [6.45, 7) is 6.01. The second-order valence-electron chi connectivity index (χ2n) is 12.0. The van der Waals surface area contributed by atoms with Crippen LogP contribution in [-0.2, 0) is 9.53 Å². The van der Waals surface area contributed by atoms with Crippen LogP contribution < -0.4 is 26.0 Å². The maximum atomic E-state index is 13.5. The van der Waals surface area contributed by atoms with Gasteiger partial charge in [0.25, 0.3) is 0 Å². The lowest BCUT2D eigenvalue weighted by atomic mass is 10.1. The molecule has 13 nitrogen and oxygen atoms in total. The number of aromatic nitrogens is 3. The molecule has 0 bridgehead atoms. The number of ether oxygens (including phenoxy) is 2. The first kappa shape index (κ1) is 35.6. The Morgan fingerprint density at radius 2 is 1.69 bits per heavy atom. The summed E-state index contributed by atoms with van der Waals surface area (Å²) >= 11 is 2.40. The van der Waals surface area contributed by atoms with Gasteiger partial charge in [-0.2, -0.15) is 5.10 Å². The fourth-order valence-electron chi connectivity index (χ4n) is 5.58. The van der Waals surface area contributed by atoms with Gasteiger partial charge < -0.3 is 25.0 Å². The van der Waals surface area contributed by atoms with Crippen LogP contribution in [0.4, 0.5) is 26.9 Å². The van der Waals surface area contributed by atoms with Crippen molar-refractivity contribution in [2.45, 2.75) is 30.6 Å². The molecule has 1 aliphatic rings. The van der Waals surface area contributed by atoms with E-state index in [1.807, 2.05) is 61.5 Å². The molecule has 3 aromatic carbocycles. The third-order valence-corrected chi connectivity index (χ3v) is 9.47. The third-order valence-electron chi connectivity index (χ3n) is 8.21. The summed E-state index contributed by atoms with van der Waals surface area (Å²) < 4.78 is 13.5. The SMILES string of the molecule is CCCC(I)c1cc(NC(=O)Nc2ccc(Oc3ccnc(NC(=O)NCC(=O)N4CCOCC4)c3)c3ccccc23)n(-c2ccc(C)cc2)n1. The van der Waals surface area contributed by atoms with Gasteiger partial charge in [0.1, 0.15) is 23.1 Å². The van der Waals surface area contributed by atoms with Crippen molar-refractivity contribution in [3.8, 4) is 17.2 Å². The van der Waals surface area contributed by atoms with E-state index in [-0.39, 0.29) is 22.2 Å². The maximum Gasteiger partial charge on any atom is 0.324 e. The van der Waals surface area contributed by atoms with Gasteiger partial charge in [-0.15, -0.1) is 0 Å². The van der Waals surface area contributed by atoms with Crippen LogP contribution in [0.25, 0.3) is 16.5 Å². The van der Waals surface area contributed by atoms with Crippen LogP contribution in [0.15, 0.2) is 85.1 Å². The number of nitrogens with zero attached hydrogens (tertiary/aromatic N) is 4. The molecule has 0 radical (unpaired) electrons. The second kappa shape index (κ2) is 16.7. The molecule has 1 aliphatic heterocycles. The molecule has 1 saturated heterocycles. The van der Waals surface area contributed by atoms with Crippen LogP contribution in [0.2, 0.25) is 0 Å². The molecule has 1 atom stereocenters. The smallest absolute Gasteiger partial charge is 0.324 e. The molecule has 51 heavy (non-hydrogen) atoms. The second-order valence-corrected chi connectivity index (χ2v) is 13.5. The minimum atomic E-state index is -0.561. The third kappa shape index (κ3) is 9.12. The van der Waals surface area contributed by atoms with E-state index in [1.54, 1.807) is 33.8 Å². The van der Waals surface area contributed by atoms with Crippen molar-refractivity contribution in [2.24, 2.45) is 0 Å². The number of carbonyl (C=O) groups excluding carboxylic acids is 3. The lowest BCUT2D eigenvalue weighted by Crippen LogP contribution is -2.46. The van der Waals surface area contributed by atoms with Crippen LogP contribution in [0.3, 0.4) is 0 Å². The molecule has 5 amide bonds. The first-order valence-electron chi connectivity index (χ1n) is 16.7. The van der Waals surface area contributed by atoms with Gasteiger partial charge >= 0.3 is 12.1 Å². The van der Waals surface area contributed by atoms with Crippen molar-refractivity contribution in [1.29, 1.82) is 0 Å². The molecule has 1 fully saturated rings. The molecule has 5 aromatic rings. The summed E-state index contributed by atoms with van der Waals surface area (Å²) in [7, 11) is 0. The van der Waals surface area contributed by atoms with E-state index in [9.17, 15) is 14.4 Å². The number of carbonyl (C=O) groups is 3. The van der Waals surface area contributed by atoms with E-state index in [1.165, 1.54) is 6.20 Å². The minimum Gasteiger partial charge on any atom is -0.457 e. The Morgan fingerprint density at radius 3 is 2.45 bits per heavy atom. The van der Waals surface area contributed by atoms with Gasteiger partial charge in [-0.1, -0.05) is 77.9 Å². The lowest BCUT2D eigenvalue weighted by molar-refractivity contribution is -0.134. The number of hydrogen-bond acceptors (Lipinski definition) is 7. The molecule has 0 aliphatic carbocycles. The number of halogens is 1. The van der Waals surface area contributed by atoms with Gasteiger partial charge in [0.2, 0.25) is 5.91 Å². The Bertz CT molecular complexity index is 2010. The van der Waals surface area contributed by atoms with E-state index >= 15 is 0 Å². The van der Waals surface area contributed by atoms with Gasteiger partial charge in [0.15, 0.2) is 0 Å². The van der Waals surface area contributed by atoms with Crippen molar-refractivity contribution in [3.63, 3.8) is 0 Å². The average molecular weight is 803 g/mol. The summed E-state index contributed by atoms with van der Waals surface area (Å²) in [6, 6.07) is 23.3. The Hall–Kier alpha value is -5.22. The molecule has 264 valence electrons. The number of hydrogen-bond donors (Lipinski definition) is 4. The molecular weight excluding hydrogens is 763 g/mol. The van der Waals surface area contributed by atoms with Crippen LogP contribution in [0, 0.1) is 6.92 Å². The Kier molecular flexibility index (Phi) is 11.6. The number of anilines is 3. The highest BCUT2D eigenvalue weighted by Gasteiger charge is 2.19. The summed E-state index contributed by atoms with van der Waals surface area (Å²) in [5.41, 5.74) is 3.47. The molecule has 6 rings (SSSR count). The molecule has 14 heteroatoms. The summed E-state index contributed by atoms with van der Waals surface area (Å²) in [4.78, 5) is 44.2. The van der Waals surface area contributed by atoms with Gasteiger partial charge in [-0.05, 0) is 43.7 Å². The molecule has 1 unspecified atom stereocenters. The highest BCUT2D eigenvalue weighted by atomic mass is 127. The number of benzene rings is 3. The van der Waals surface area contributed by atoms with Crippen LogP contribution in [0.1, 0.15) is 34.9 Å². The zero-order chi connectivity index (χ0) is 35.7. The molecule has 3 heterocycles. The number of amides is 5. The summed E-state index contributed by atoms with van der Waals surface area (Å²) in [5, 5.41) is 17.6. The van der Waals surface area contributed by atoms with E-state index in [4.69, 9.17) is 14.6 Å². The zero-order valence-corrected chi connectivity index (χ0v) is 30.5. The standard InChI is InChI=1S/C37H39IN8O5/c1-3-6-29(38)31-22-34(46(44-31)25-11-9-24(2)10-12-25)43-37(49)41-30-13-14-32(28-8-5-4-7-27(28)30)51-26-15-16-39-33(21-26)42-36(48)40-23-35(47)45-17-19-50-20-18-45/h4-5,7-16,21-22,29H,3,6,17-20,23H2,1-2H3,(H2,41,43,49)(H2,39,40,42,48). The average Bonchev–Trinajstić information content (AvgIpc) is 3.56. The summed E-state index contributed by atoms with van der Waals surface area (Å²) in [6.07, 6.45) is 3.51. The van der Waals surface area contributed by atoms with Crippen molar-refractivity contribution >= 4 is 68.7 Å². The molecule has 0 saturated carbocycles. The Morgan fingerprint density at radius 1 is 0.922 bits per heavy atom. The lowest BCUT2D eigenvalue weighted by Gasteiger charge is -2.26. The topological polar surface area (TPSA) is 152 Å². The largest absolute Gasteiger partial charge is 0.457 e. The van der Waals surface area contributed by atoms with Gasteiger partial charge in [-0.25, -0.2) is 19.3 Å². The predicted octanol–water partition coefficient (Wildman–Crippen LogP) is 7.42. The zero-order valence-electron chi connectivity index (χ0n) is 28.3. The van der Waals surface area contributed by atoms with E-state index in [0.717, 1.165) is 40.6 Å². The number of pyridine rings is 1. The van der Waals surface area contributed by atoms with Crippen LogP contribution >= 0.6 is 22.6 Å². The minimum absolute atomic E-state index is 0.137. The first-order valence-corrected chi connectivity index (χ1v) is 18.0. The number of rotatable bonds is 11. The van der Waals surface area contributed by atoms with Crippen molar-refractivity contribution in [3.05, 3.63) is 96.3 Å². The van der Waals surface area contributed by atoms with Crippen LogP contribution in [-0.4, -0.2) is 70.5 Å². The van der Waals surface area contributed by atoms with Crippen molar-refractivity contribution in [1.82, 2.24) is 25.0 Å². The highest BCUT2D eigenvalue weighted by Crippen LogP contribution is 2.35. The monoisotopic (exact) mass is 802 g/mol. The molecule has 0 spiro atoms. The maximum absolute atomic E-state index is 13.5. The number of nitrogens with one attached hydrogen (secondary N) is 4. The van der Waals surface area contributed by atoms with Crippen molar-refractivity contribution < 1.29 is 23.9 Å². The highest BCUT2D eigenvalue weighted by molar-refractivity contribution is 14.1. The first-order chi connectivity index (χ1) is 24.8. The molecular formula is C37H39IN8O5. The predicted molar refractivity (Wildman–Crippen MR) is 205 cm³/mol. The number of aryl methyl sites for hydroxylation is 1. The van der Waals surface area contributed by atoms with Gasteiger partial charge in [0, 0.05) is 42.2 Å². The fourth-order valence-corrected chi connectivity index (χ4v) is 6.50. The normalized spacial score (nSPS) is 13.4. The van der Waals surface area contributed by atoms with E-state index in [0.29, 0.717) is 49.3 Å². The quantitative estimate of drug-likeness (QED) is 0.0802. The number of fused-ring (bicyclic) bond motifs is 1. The van der Waals surface area contributed by atoms with E-state index in [2.05, 4.69) is 55.8 Å². The number of alkyl halides is 1.